The monoisotopic (exact) mass is 235 g/mol. The van der Waals surface area contributed by atoms with Gasteiger partial charge in [-0.05, 0) is 18.7 Å². The van der Waals surface area contributed by atoms with E-state index in [2.05, 4.69) is 0 Å². The van der Waals surface area contributed by atoms with Crippen LogP contribution < -0.4 is 5.73 Å². The molecule has 1 aromatic carbocycles. The quantitative estimate of drug-likeness (QED) is 0.852. The Morgan fingerprint density at radius 3 is 2.57 bits per heavy atom. The normalized spacial score (nSPS) is 15.2. The number of benzene rings is 1. The zero-order valence-corrected chi connectivity index (χ0v) is 9.32. The zero-order valence-electron chi connectivity index (χ0n) is 7.81. The highest BCUT2D eigenvalue weighted by Gasteiger charge is 2.19. The van der Waals surface area contributed by atoms with Crippen molar-refractivity contribution in [3.8, 4) is 0 Å². The number of halogens is 3. The van der Waals surface area contributed by atoms with Crippen LogP contribution in [-0.4, -0.2) is 6.54 Å². The highest BCUT2D eigenvalue weighted by Crippen LogP contribution is 2.32. The van der Waals surface area contributed by atoms with Crippen molar-refractivity contribution in [1.82, 2.24) is 0 Å². The van der Waals surface area contributed by atoms with E-state index in [1.54, 1.807) is 19.1 Å². The molecule has 2 atom stereocenters. The van der Waals surface area contributed by atoms with E-state index in [-0.39, 0.29) is 5.92 Å². The molecule has 0 saturated heterocycles. The van der Waals surface area contributed by atoms with Crippen LogP contribution in [0.3, 0.4) is 0 Å². The average Bonchev–Trinajstić information content (AvgIpc) is 2.15. The fraction of sp³-hybridized carbons (Fsp3) is 0.400. The van der Waals surface area contributed by atoms with Crippen LogP contribution >= 0.6 is 23.2 Å². The largest absolute Gasteiger partial charge is 0.330 e. The molecular formula is C10H12Cl2FN. The van der Waals surface area contributed by atoms with Crippen molar-refractivity contribution in [3.05, 3.63) is 33.8 Å². The lowest BCUT2D eigenvalue weighted by Gasteiger charge is -2.16. The van der Waals surface area contributed by atoms with Gasteiger partial charge in [0.25, 0.3) is 0 Å². The van der Waals surface area contributed by atoms with E-state index in [1.807, 2.05) is 0 Å². The Morgan fingerprint density at radius 1 is 1.43 bits per heavy atom. The summed E-state index contributed by atoms with van der Waals surface area (Å²) in [5.41, 5.74) is 5.83. The molecule has 14 heavy (non-hydrogen) atoms. The molecule has 0 aliphatic carbocycles. The molecule has 2 N–H and O–H groups in total. The molecule has 0 aromatic heterocycles. The summed E-state index contributed by atoms with van der Waals surface area (Å²) in [6.07, 6.45) is -1.13. The topological polar surface area (TPSA) is 26.0 Å². The first-order valence-electron chi connectivity index (χ1n) is 4.35. The van der Waals surface area contributed by atoms with Gasteiger partial charge in [-0.1, -0.05) is 36.2 Å². The predicted molar refractivity (Wildman–Crippen MR) is 58.5 cm³/mol. The fourth-order valence-corrected chi connectivity index (χ4v) is 1.66. The van der Waals surface area contributed by atoms with Gasteiger partial charge in [-0.3, -0.25) is 0 Å². The summed E-state index contributed by atoms with van der Waals surface area (Å²) >= 11 is 11.6. The van der Waals surface area contributed by atoms with Crippen LogP contribution in [0.2, 0.25) is 10.0 Å². The molecular weight excluding hydrogens is 224 g/mol. The molecule has 0 bridgehead atoms. The first-order chi connectivity index (χ1) is 6.56. The molecule has 1 aromatic rings. The van der Waals surface area contributed by atoms with E-state index >= 15 is 0 Å². The lowest BCUT2D eigenvalue weighted by molar-refractivity contribution is 0.252. The smallest absolute Gasteiger partial charge is 0.130 e. The van der Waals surface area contributed by atoms with Gasteiger partial charge in [0.05, 0.1) is 0 Å². The van der Waals surface area contributed by atoms with Gasteiger partial charge in [0, 0.05) is 21.5 Å². The Kier molecular flexibility index (Phi) is 4.17. The van der Waals surface area contributed by atoms with Gasteiger partial charge in [-0.25, -0.2) is 4.39 Å². The maximum atomic E-state index is 13.7. The van der Waals surface area contributed by atoms with Crippen molar-refractivity contribution in [2.24, 2.45) is 11.7 Å². The molecule has 0 heterocycles. The van der Waals surface area contributed by atoms with Crippen LogP contribution in [0.4, 0.5) is 4.39 Å². The molecule has 0 aliphatic rings. The summed E-state index contributed by atoms with van der Waals surface area (Å²) in [4.78, 5) is 0. The summed E-state index contributed by atoms with van der Waals surface area (Å²) in [7, 11) is 0. The number of hydrogen-bond acceptors (Lipinski definition) is 1. The van der Waals surface area contributed by atoms with Gasteiger partial charge in [0.15, 0.2) is 0 Å². The predicted octanol–water partition coefficient (Wildman–Crippen LogP) is 3.60. The second kappa shape index (κ2) is 4.96. The molecule has 0 amide bonds. The van der Waals surface area contributed by atoms with Crippen molar-refractivity contribution in [2.75, 3.05) is 6.54 Å². The standard InChI is InChI=1S/C10H12Cl2FN/c1-6(5-14)10(13)8-3-2-7(11)4-9(8)12/h2-4,6,10H,5,14H2,1H3. The minimum absolute atomic E-state index is 0.242. The highest BCUT2D eigenvalue weighted by molar-refractivity contribution is 6.35. The van der Waals surface area contributed by atoms with Crippen LogP contribution in [0.5, 0.6) is 0 Å². The maximum Gasteiger partial charge on any atom is 0.130 e. The van der Waals surface area contributed by atoms with E-state index in [0.29, 0.717) is 22.2 Å². The number of alkyl halides is 1. The zero-order chi connectivity index (χ0) is 10.7. The third kappa shape index (κ3) is 2.59. The van der Waals surface area contributed by atoms with E-state index in [9.17, 15) is 4.39 Å². The second-order valence-corrected chi connectivity index (χ2v) is 4.12. The van der Waals surface area contributed by atoms with E-state index in [1.165, 1.54) is 6.07 Å². The fourth-order valence-electron chi connectivity index (χ4n) is 1.15. The minimum Gasteiger partial charge on any atom is -0.330 e. The molecule has 1 rings (SSSR count). The first kappa shape index (κ1) is 11.8. The molecule has 0 aliphatic heterocycles. The van der Waals surface area contributed by atoms with E-state index in [0.717, 1.165) is 0 Å². The minimum atomic E-state index is -1.13. The Bertz CT molecular complexity index is 317. The third-order valence-corrected chi connectivity index (χ3v) is 2.69. The number of rotatable bonds is 3. The van der Waals surface area contributed by atoms with Gasteiger partial charge in [0.2, 0.25) is 0 Å². The molecule has 0 spiro atoms. The van der Waals surface area contributed by atoms with Crippen LogP contribution in [0.25, 0.3) is 0 Å². The Morgan fingerprint density at radius 2 is 2.07 bits per heavy atom. The van der Waals surface area contributed by atoms with Gasteiger partial charge in [0.1, 0.15) is 6.17 Å². The number of hydrogen-bond donors (Lipinski definition) is 1. The van der Waals surface area contributed by atoms with Gasteiger partial charge in [-0.15, -0.1) is 0 Å². The van der Waals surface area contributed by atoms with Crippen LogP contribution in [-0.2, 0) is 0 Å². The summed E-state index contributed by atoms with van der Waals surface area (Å²) in [5, 5.41) is 0.858. The molecule has 0 radical (unpaired) electrons. The summed E-state index contributed by atoms with van der Waals surface area (Å²) in [5.74, 6) is -0.242. The summed E-state index contributed by atoms with van der Waals surface area (Å²) in [6, 6.07) is 4.76. The van der Waals surface area contributed by atoms with E-state index in [4.69, 9.17) is 28.9 Å². The van der Waals surface area contributed by atoms with Crippen molar-refractivity contribution in [1.29, 1.82) is 0 Å². The van der Waals surface area contributed by atoms with Crippen molar-refractivity contribution in [2.45, 2.75) is 13.1 Å². The van der Waals surface area contributed by atoms with Crippen molar-refractivity contribution < 1.29 is 4.39 Å². The van der Waals surface area contributed by atoms with Gasteiger partial charge < -0.3 is 5.73 Å². The lowest BCUT2D eigenvalue weighted by atomic mass is 9.99. The summed E-state index contributed by atoms with van der Waals surface area (Å²) < 4.78 is 13.7. The van der Waals surface area contributed by atoms with Crippen molar-refractivity contribution in [3.63, 3.8) is 0 Å². The number of nitrogens with two attached hydrogens (primary N) is 1. The highest BCUT2D eigenvalue weighted by atomic mass is 35.5. The third-order valence-electron chi connectivity index (χ3n) is 2.13. The van der Waals surface area contributed by atoms with E-state index < -0.39 is 6.17 Å². The lowest BCUT2D eigenvalue weighted by Crippen LogP contribution is -2.16. The second-order valence-electron chi connectivity index (χ2n) is 3.28. The Hall–Kier alpha value is -0.310. The first-order valence-corrected chi connectivity index (χ1v) is 5.11. The molecule has 78 valence electrons. The summed E-state index contributed by atoms with van der Waals surface area (Å²) in [6.45, 7) is 2.04. The Labute approximate surface area is 93.0 Å². The maximum absolute atomic E-state index is 13.7. The molecule has 2 unspecified atom stereocenters. The van der Waals surface area contributed by atoms with Gasteiger partial charge >= 0.3 is 0 Å². The van der Waals surface area contributed by atoms with Crippen LogP contribution in [0, 0.1) is 5.92 Å². The SMILES string of the molecule is CC(CN)C(F)c1ccc(Cl)cc1Cl. The van der Waals surface area contributed by atoms with Crippen LogP contribution in [0.1, 0.15) is 18.7 Å². The molecule has 0 fully saturated rings. The molecule has 1 nitrogen and oxygen atoms in total. The van der Waals surface area contributed by atoms with Crippen molar-refractivity contribution >= 4 is 23.2 Å². The molecule has 4 heteroatoms. The average molecular weight is 236 g/mol. The Balaban J connectivity index is 2.95. The van der Waals surface area contributed by atoms with Crippen LogP contribution in [0.15, 0.2) is 18.2 Å². The van der Waals surface area contributed by atoms with Gasteiger partial charge in [-0.2, -0.15) is 0 Å². The molecule has 0 saturated carbocycles.